The number of allylic oxidation sites excluding steroid dienone is 2. The largest absolute Gasteiger partial charge is 0.270 e. The van der Waals surface area contributed by atoms with E-state index in [2.05, 4.69) is 6.58 Å². The second-order valence-electron chi connectivity index (χ2n) is 3.49. The van der Waals surface area contributed by atoms with Crippen molar-refractivity contribution in [3.63, 3.8) is 0 Å². The van der Waals surface area contributed by atoms with E-state index in [1.54, 1.807) is 6.07 Å². The first-order valence-corrected chi connectivity index (χ1v) is 4.88. The van der Waals surface area contributed by atoms with Crippen LogP contribution >= 0.6 is 0 Å². The van der Waals surface area contributed by atoms with Crippen molar-refractivity contribution >= 4 is 16.3 Å². The topological polar surface area (TPSA) is 0 Å². The fourth-order valence-corrected chi connectivity index (χ4v) is 1.71. The van der Waals surface area contributed by atoms with Crippen molar-refractivity contribution < 1.29 is 8.78 Å². The lowest BCUT2D eigenvalue weighted by Crippen LogP contribution is -1.82. The van der Waals surface area contributed by atoms with E-state index in [0.29, 0.717) is 5.57 Å². The maximum absolute atomic E-state index is 12.2. The summed E-state index contributed by atoms with van der Waals surface area (Å²) in [4.78, 5) is 0. The minimum atomic E-state index is -1.72. The number of fused-ring (bicyclic) bond motifs is 1. The maximum atomic E-state index is 12.2. The van der Waals surface area contributed by atoms with E-state index >= 15 is 0 Å². The molecule has 0 N–H and O–H groups in total. The number of rotatable bonds is 2. The van der Waals surface area contributed by atoms with Gasteiger partial charge in [0.1, 0.15) is 0 Å². The van der Waals surface area contributed by atoms with Gasteiger partial charge < -0.3 is 0 Å². The molecule has 0 heterocycles. The van der Waals surface area contributed by atoms with Crippen LogP contribution in [0.25, 0.3) is 16.3 Å². The molecule has 0 spiro atoms. The SMILES string of the molecule is C=C(C=C(F)F)c1cccc2ccccc12. The molecule has 0 saturated heterocycles. The highest BCUT2D eigenvalue weighted by atomic mass is 19.3. The van der Waals surface area contributed by atoms with Crippen LogP contribution in [0, 0.1) is 0 Å². The van der Waals surface area contributed by atoms with Crippen molar-refractivity contribution in [1.29, 1.82) is 0 Å². The van der Waals surface area contributed by atoms with Crippen LogP contribution in [0.5, 0.6) is 0 Å². The average Bonchev–Trinajstić information content (AvgIpc) is 2.27. The molecule has 0 atom stereocenters. The van der Waals surface area contributed by atoms with Crippen molar-refractivity contribution in [3.05, 3.63) is 66.8 Å². The van der Waals surface area contributed by atoms with Gasteiger partial charge in [-0.05, 0) is 21.9 Å². The molecule has 0 bridgehead atoms. The first kappa shape index (κ1) is 10.6. The maximum Gasteiger partial charge on any atom is 0.270 e. The zero-order valence-electron chi connectivity index (χ0n) is 8.58. The predicted molar refractivity (Wildman–Crippen MR) is 63.3 cm³/mol. The fourth-order valence-electron chi connectivity index (χ4n) is 1.71. The van der Waals surface area contributed by atoms with Crippen molar-refractivity contribution in [2.75, 3.05) is 0 Å². The second kappa shape index (κ2) is 4.27. The number of hydrogen-bond donors (Lipinski definition) is 0. The highest BCUT2D eigenvalue weighted by Gasteiger charge is 2.03. The van der Waals surface area contributed by atoms with Gasteiger partial charge in [-0.15, -0.1) is 0 Å². The monoisotopic (exact) mass is 216 g/mol. The number of hydrogen-bond acceptors (Lipinski definition) is 0. The van der Waals surface area contributed by atoms with Gasteiger partial charge in [-0.25, -0.2) is 0 Å². The molecule has 0 unspecified atom stereocenters. The minimum Gasteiger partial charge on any atom is -0.173 e. The summed E-state index contributed by atoms with van der Waals surface area (Å²) in [6, 6.07) is 13.2. The summed E-state index contributed by atoms with van der Waals surface area (Å²) in [5.41, 5.74) is 1.07. The van der Waals surface area contributed by atoms with E-state index in [4.69, 9.17) is 0 Å². The summed E-state index contributed by atoms with van der Waals surface area (Å²) >= 11 is 0. The summed E-state index contributed by atoms with van der Waals surface area (Å²) < 4.78 is 24.3. The molecule has 0 aromatic heterocycles. The van der Waals surface area contributed by atoms with Gasteiger partial charge in [-0.2, -0.15) is 8.78 Å². The third kappa shape index (κ3) is 2.01. The number of benzene rings is 2. The van der Waals surface area contributed by atoms with Crippen molar-refractivity contribution in [1.82, 2.24) is 0 Å². The van der Waals surface area contributed by atoms with Crippen LogP contribution in [-0.4, -0.2) is 0 Å². The summed E-state index contributed by atoms with van der Waals surface area (Å²) in [7, 11) is 0. The Morgan fingerprint density at radius 3 is 2.44 bits per heavy atom. The first-order valence-electron chi connectivity index (χ1n) is 4.88. The minimum absolute atomic E-state index is 0.330. The summed E-state index contributed by atoms with van der Waals surface area (Å²) in [6.07, 6.45) is -0.931. The molecule has 0 aliphatic carbocycles. The quantitative estimate of drug-likeness (QED) is 0.642. The van der Waals surface area contributed by atoms with E-state index in [0.717, 1.165) is 22.4 Å². The Morgan fingerprint density at radius 1 is 1.00 bits per heavy atom. The third-order valence-electron chi connectivity index (χ3n) is 2.42. The van der Waals surface area contributed by atoms with Gasteiger partial charge in [-0.3, -0.25) is 0 Å². The molecular formula is C14H10F2. The van der Waals surface area contributed by atoms with E-state index in [-0.39, 0.29) is 0 Å². The molecule has 2 heteroatoms. The normalized spacial score (nSPS) is 10.1. The lowest BCUT2D eigenvalue weighted by molar-refractivity contribution is 0.422. The molecule has 80 valence electrons. The first-order chi connectivity index (χ1) is 7.68. The molecule has 2 rings (SSSR count). The molecule has 0 amide bonds. The van der Waals surface area contributed by atoms with E-state index in [9.17, 15) is 8.78 Å². The van der Waals surface area contributed by atoms with Gasteiger partial charge in [0.2, 0.25) is 0 Å². The fraction of sp³-hybridized carbons (Fsp3) is 0. The summed E-state index contributed by atoms with van der Waals surface area (Å²) in [6.45, 7) is 3.66. The highest BCUT2D eigenvalue weighted by Crippen LogP contribution is 2.25. The molecule has 2 aromatic carbocycles. The standard InChI is InChI=1S/C14H10F2/c1-10(9-14(15)16)12-8-4-6-11-5-2-3-7-13(11)12/h2-9H,1H2. The van der Waals surface area contributed by atoms with Gasteiger partial charge in [-0.1, -0.05) is 49.0 Å². The molecule has 0 aliphatic heterocycles. The van der Waals surface area contributed by atoms with Gasteiger partial charge in [0.25, 0.3) is 6.08 Å². The van der Waals surface area contributed by atoms with Gasteiger partial charge in [0.05, 0.1) is 0 Å². The Bertz CT molecular complexity index is 558. The zero-order valence-corrected chi connectivity index (χ0v) is 8.58. The van der Waals surface area contributed by atoms with Crippen LogP contribution < -0.4 is 0 Å². The van der Waals surface area contributed by atoms with E-state index < -0.39 is 6.08 Å². The van der Waals surface area contributed by atoms with Crippen LogP contribution in [0.1, 0.15) is 5.56 Å². The lowest BCUT2D eigenvalue weighted by atomic mass is 9.99. The predicted octanol–water partition coefficient (Wildman–Crippen LogP) is 4.63. The Hall–Kier alpha value is -1.96. The highest BCUT2D eigenvalue weighted by molar-refractivity contribution is 5.95. The molecule has 2 aromatic rings. The number of halogens is 2. The molecule has 0 nitrogen and oxygen atoms in total. The van der Waals surface area contributed by atoms with Crippen LogP contribution in [0.3, 0.4) is 0 Å². The van der Waals surface area contributed by atoms with Crippen molar-refractivity contribution in [3.8, 4) is 0 Å². The molecule has 0 saturated carbocycles. The Morgan fingerprint density at radius 2 is 1.69 bits per heavy atom. The van der Waals surface area contributed by atoms with Crippen LogP contribution in [0.4, 0.5) is 8.78 Å². The second-order valence-corrected chi connectivity index (χ2v) is 3.49. The van der Waals surface area contributed by atoms with Crippen LogP contribution in [0.15, 0.2) is 61.2 Å². The third-order valence-corrected chi connectivity index (χ3v) is 2.42. The van der Waals surface area contributed by atoms with Crippen LogP contribution in [0.2, 0.25) is 0 Å². The van der Waals surface area contributed by atoms with Gasteiger partial charge >= 0.3 is 0 Å². The van der Waals surface area contributed by atoms with Crippen LogP contribution in [-0.2, 0) is 0 Å². The van der Waals surface area contributed by atoms with Gasteiger partial charge in [0.15, 0.2) is 0 Å². The average molecular weight is 216 g/mol. The molecule has 0 aliphatic rings. The van der Waals surface area contributed by atoms with Crippen molar-refractivity contribution in [2.24, 2.45) is 0 Å². The zero-order chi connectivity index (χ0) is 11.5. The smallest absolute Gasteiger partial charge is 0.173 e. The van der Waals surface area contributed by atoms with Crippen molar-refractivity contribution in [2.45, 2.75) is 0 Å². The Kier molecular flexibility index (Phi) is 2.82. The summed E-state index contributed by atoms with van der Waals surface area (Å²) in [5, 5.41) is 1.96. The molecule has 0 fully saturated rings. The van der Waals surface area contributed by atoms with Gasteiger partial charge in [0, 0.05) is 6.08 Å². The van der Waals surface area contributed by atoms with E-state index in [1.807, 2.05) is 36.4 Å². The Balaban J connectivity index is 2.61. The lowest BCUT2D eigenvalue weighted by Gasteiger charge is -2.05. The van der Waals surface area contributed by atoms with E-state index in [1.165, 1.54) is 0 Å². The molecule has 0 radical (unpaired) electrons. The summed E-state index contributed by atoms with van der Waals surface area (Å²) in [5.74, 6) is 0. The molecular weight excluding hydrogens is 206 g/mol. The molecule has 16 heavy (non-hydrogen) atoms. The Labute approximate surface area is 92.5 Å².